The summed E-state index contributed by atoms with van der Waals surface area (Å²) < 4.78 is 13.3. The Morgan fingerprint density at radius 3 is 2.53 bits per heavy atom. The standard InChI is InChI=1S/C28H22FN7O2/c1-16(19-6-8-22(29)9-7-19)34-27(37)23-10-18(12-30)14-32-25(23)31-13-17-2-4-20(5-3-17)21-11-24-26(33-15-21)36-28(38)35-24/h2-11,14-16H,13H2,1H3,(H,31,32)(H,34,37)(H2,33,35,36,38). The number of aromatic amines is 2. The van der Waals surface area contributed by atoms with Crippen molar-refractivity contribution < 1.29 is 9.18 Å². The molecular formula is C28H22FN7O2. The van der Waals surface area contributed by atoms with E-state index in [2.05, 4.69) is 30.6 Å². The van der Waals surface area contributed by atoms with Crippen molar-refractivity contribution in [1.82, 2.24) is 25.3 Å². The second-order valence-electron chi connectivity index (χ2n) is 8.73. The summed E-state index contributed by atoms with van der Waals surface area (Å²) in [6, 6.07) is 18.6. The molecule has 1 amide bonds. The van der Waals surface area contributed by atoms with Gasteiger partial charge in [-0.15, -0.1) is 0 Å². The fourth-order valence-corrected chi connectivity index (χ4v) is 4.03. The maximum absolute atomic E-state index is 13.3. The number of carbonyl (C=O) groups is 1. The van der Waals surface area contributed by atoms with Gasteiger partial charge in [-0.2, -0.15) is 5.26 Å². The normalized spacial score (nSPS) is 11.6. The topological polar surface area (TPSA) is 139 Å². The van der Waals surface area contributed by atoms with E-state index in [0.717, 1.165) is 22.3 Å². The third-order valence-electron chi connectivity index (χ3n) is 6.09. The van der Waals surface area contributed by atoms with Crippen LogP contribution in [0.1, 0.15) is 40.0 Å². The zero-order valence-electron chi connectivity index (χ0n) is 20.2. The quantitative estimate of drug-likeness (QED) is 0.257. The monoisotopic (exact) mass is 507 g/mol. The molecule has 0 saturated heterocycles. The minimum absolute atomic E-state index is 0.231. The lowest BCUT2D eigenvalue weighted by molar-refractivity contribution is 0.0940. The predicted molar refractivity (Wildman–Crippen MR) is 141 cm³/mol. The highest BCUT2D eigenvalue weighted by molar-refractivity contribution is 5.99. The first-order valence-electron chi connectivity index (χ1n) is 11.8. The lowest BCUT2D eigenvalue weighted by Crippen LogP contribution is -2.28. The molecule has 0 saturated carbocycles. The Hall–Kier alpha value is -5.30. The van der Waals surface area contributed by atoms with Crippen LogP contribution in [0.15, 0.2) is 77.9 Å². The maximum Gasteiger partial charge on any atom is 0.325 e. The number of imidazole rings is 1. The summed E-state index contributed by atoms with van der Waals surface area (Å²) in [7, 11) is 0. The number of anilines is 1. The van der Waals surface area contributed by atoms with E-state index in [4.69, 9.17) is 0 Å². The molecule has 4 N–H and O–H groups in total. The highest BCUT2D eigenvalue weighted by Gasteiger charge is 2.17. The number of nitriles is 1. The van der Waals surface area contributed by atoms with Crippen molar-refractivity contribution in [3.05, 3.63) is 112 Å². The van der Waals surface area contributed by atoms with Crippen LogP contribution in [-0.2, 0) is 6.54 Å². The van der Waals surface area contributed by atoms with Crippen LogP contribution in [0.3, 0.4) is 0 Å². The van der Waals surface area contributed by atoms with Crippen molar-refractivity contribution in [2.45, 2.75) is 19.5 Å². The van der Waals surface area contributed by atoms with Crippen LogP contribution in [0.25, 0.3) is 22.3 Å². The first-order valence-corrected chi connectivity index (χ1v) is 11.8. The molecule has 9 nitrogen and oxygen atoms in total. The smallest absolute Gasteiger partial charge is 0.325 e. The number of nitrogens with zero attached hydrogens (tertiary/aromatic N) is 3. The van der Waals surface area contributed by atoms with Crippen molar-refractivity contribution in [2.75, 3.05) is 5.32 Å². The molecule has 2 aromatic carbocycles. The SMILES string of the molecule is CC(NC(=O)c1cc(C#N)cnc1NCc1ccc(-c2cnc3[nH]c(=O)[nH]c3c2)cc1)c1ccc(F)cc1. The van der Waals surface area contributed by atoms with Gasteiger partial charge in [-0.25, -0.2) is 19.2 Å². The molecular weight excluding hydrogens is 485 g/mol. The molecule has 0 spiro atoms. The van der Waals surface area contributed by atoms with Gasteiger partial charge in [-0.05, 0) is 47.9 Å². The van der Waals surface area contributed by atoms with Crippen LogP contribution >= 0.6 is 0 Å². The van der Waals surface area contributed by atoms with E-state index < -0.39 is 5.91 Å². The van der Waals surface area contributed by atoms with Gasteiger partial charge in [-0.1, -0.05) is 36.4 Å². The fourth-order valence-electron chi connectivity index (χ4n) is 4.03. The van der Waals surface area contributed by atoms with Crippen molar-refractivity contribution in [3.8, 4) is 17.2 Å². The Kier molecular flexibility index (Phi) is 6.65. The van der Waals surface area contributed by atoms with E-state index in [0.29, 0.717) is 23.5 Å². The number of H-pyrrole nitrogens is 2. The number of pyridine rings is 2. The Morgan fingerprint density at radius 2 is 1.79 bits per heavy atom. The van der Waals surface area contributed by atoms with E-state index in [1.54, 1.807) is 25.3 Å². The zero-order valence-corrected chi connectivity index (χ0v) is 20.2. The van der Waals surface area contributed by atoms with Crippen molar-refractivity contribution in [3.63, 3.8) is 0 Å². The molecule has 1 unspecified atom stereocenters. The van der Waals surface area contributed by atoms with Crippen LogP contribution in [0, 0.1) is 17.1 Å². The van der Waals surface area contributed by atoms with Crippen molar-refractivity contribution in [1.29, 1.82) is 5.26 Å². The second-order valence-corrected chi connectivity index (χ2v) is 8.73. The molecule has 1 atom stereocenters. The first kappa shape index (κ1) is 24.4. The molecule has 0 aliphatic carbocycles. The molecule has 5 aromatic rings. The van der Waals surface area contributed by atoms with Gasteiger partial charge in [0, 0.05) is 24.5 Å². The third-order valence-corrected chi connectivity index (χ3v) is 6.09. The first-order chi connectivity index (χ1) is 18.4. The number of nitrogens with one attached hydrogen (secondary N) is 4. The molecule has 0 aliphatic rings. The number of rotatable bonds is 7. The van der Waals surface area contributed by atoms with Crippen molar-refractivity contribution in [2.24, 2.45) is 0 Å². The van der Waals surface area contributed by atoms with E-state index >= 15 is 0 Å². The van der Waals surface area contributed by atoms with Crippen LogP contribution < -0.4 is 16.3 Å². The number of hydrogen-bond acceptors (Lipinski definition) is 6. The van der Waals surface area contributed by atoms with Gasteiger partial charge < -0.3 is 15.6 Å². The number of halogens is 1. The minimum atomic E-state index is -0.407. The van der Waals surface area contributed by atoms with Crippen LogP contribution in [0.5, 0.6) is 0 Å². The summed E-state index contributed by atoms with van der Waals surface area (Å²) in [6.07, 6.45) is 3.10. The maximum atomic E-state index is 13.3. The molecule has 5 rings (SSSR count). The Bertz CT molecular complexity index is 1720. The van der Waals surface area contributed by atoms with Crippen molar-refractivity contribution >= 4 is 22.9 Å². The Morgan fingerprint density at radius 1 is 1.03 bits per heavy atom. The average Bonchev–Trinajstić information content (AvgIpc) is 3.31. The molecule has 0 radical (unpaired) electrons. The lowest BCUT2D eigenvalue weighted by Gasteiger charge is -2.16. The van der Waals surface area contributed by atoms with Gasteiger partial charge in [0.1, 0.15) is 17.7 Å². The summed E-state index contributed by atoms with van der Waals surface area (Å²) in [5.74, 6) is -0.426. The van der Waals surface area contributed by atoms with Gasteiger partial charge in [0.25, 0.3) is 5.91 Å². The van der Waals surface area contributed by atoms with Gasteiger partial charge in [-0.3, -0.25) is 9.78 Å². The predicted octanol–water partition coefficient (Wildman–Crippen LogP) is 4.43. The third kappa shape index (κ3) is 5.27. The number of amides is 1. The zero-order chi connectivity index (χ0) is 26.6. The summed E-state index contributed by atoms with van der Waals surface area (Å²) in [5, 5.41) is 15.4. The van der Waals surface area contributed by atoms with E-state index in [1.165, 1.54) is 24.4 Å². The van der Waals surface area contributed by atoms with Crippen LogP contribution in [-0.4, -0.2) is 25.8 Å². The molecule has 0 bridgehead atoms. The highest BCUT2D eigenvalue weighted by Crippen LogP contribution is 2.23. The van der Waals surface area contributed by atoms with Gasteiger partial charge in [0.2, 0.25) is 0 Å². The summed E-state index contributed by atoms with van der Waals surface area (Å²) >= 11 is 0. The number of aromatic nitrogens is 4. The number of benzene rings is 2. The summed E-state index contributed by atoms with van der Waals surface area (Å²) in [5.41, 5.74) is 4.78. The number of fused-ring (bicyclic) bond motifs is 1. The number of carbonyl (C=O) groups excluding carboxylic acids is 1. The van der Waals surface area contributed by atoms with E-state index in [9.17, 15) is 19.2 Å². The summed E-state index contributed by atoms with van der Waals surface area (Å²) in [6.45, 7) is 2.18. The molecule has 3 aromatic heterocycles. The molecule has 38 heavy (non-hydrogen) atoms. The molecule has 10 heteroatoms. The second kappa shape index (κ2) is 10.4. The van der Waals surface area contributed by atoms with Crippen LogP contribution in [0.2, 0.25) is 0 Å². The molecule has 0 fully saturated rings. The fraction of sp³-hybridized carbons (Fsp3) is 0.107. The lowest BCUT2D eigenvalue weighted by atomic mass is 10.1. The molecule has 3 heterocycles. The Labute approximate surface area is 216 Å². The van der Waals surface area contributed by atoms with Gasteiger partial charge in [0.15, 0.2) is 5.65 Å². The minimum Gasteiger partial charge on any atom is -0.365 e. The molecule has 188 valence electrons. The largest absolute Gasteiger partial charge is 0.365 e. The van der Waals surface area contributed by atoms with Crippen LogP contribution in [0.4, 0.5) is 10.2 Å². The van der Waals surface area contributed by atoms with Gasteiger partial charge >= 0.3 is 5.69 Å². The number of hydrogen-bond donors (Lipinski definition) is 4. The summed E-state index contributed by atoms with van der Waals surface area (Å²) in [4.78, 5) is 38.5. The van der Waals surface area contributed by atoms with E-state index in [1.807, 2.05) is 36.4 Å². The van der Waals surface area contributed by atoms with E-state index in [-0.39, 0.29) is 28.7 Å². The highest BCUT2D eigenvalue weighted by atomic mass is 19.1. The Balaban J connectivity index is 1.30. The van der Waals surface area contributed by atoms with Gasteiger partial charge in [0.05, 0.1) is 22.7 Å². The molecule has 0 aliphatic heterocycles. The average molecular weight is 508 g/mol.